The molecule has 1 atom stereocenters. The second-order valence-corrected chi connectivity index (χ2v) is 5.14. The molecule has 0 aromatic carbocycles. The van der Waals surface area contributed by atoms with Gasteiger partial charge in [0.05, 0.1) is 0 Å². The van der Waals surface area contributed by atoms with Crippen LogP contribution in [0.2, 0.25) is 0 Å². The van der Waals surface area contributed by atoms with Crippen LogP contribution in [0.1, 0.15) is 17.4 Å². The third kappa shape index (κ3) is 2.57. The van der Waals surface area contributed by atoms with E-state index in [1.807, 2.05) is 17.5 Å². The Kier molecular flexibility index (Phi) is 3.74. The number of aliphatic carboxylic acids is 1. The molecule has 18 heavy (non-hydrogen) atoms. The second kappa shape index (κ2) is 5.29. The van der Waals surface area contributed by atoms with Crippen molar-refractivity contribution in [2.75, 3.05) is 0 Å². The minimum absolute atomic E-state index is 0.523. The molecule has 5 heteroatoms. The topological polar surface area (TPSA) is 62.2 Å². The molecule has 0 aliphatic heterocycles. The van der Waals surface area contributed by atoms with Gasteiger partial charge in [0.25, 0.3) is 0 Å². The first-order valence-corrected chi connectivity index (χ1v) is 6.42. The minimum Gasteiger partial charge on any atom is -0.480 e. The Morgan fingerprint density at radius 3 is 2.89 bits per heavy atom. The zero-order chi connectivity index (χ0) is 13.0. The number of hydrogen-bond donors (Lipinski definition) is 2. The van der Waals surface area contributed by atoms with Crippen LogP contribution in [0, 0.1) is 0 Å². The molecule has 0 radical (unpaired) electrons. The van der Waals surface area contributed by atoms with Gasteiger partial charge in [-0.15, -0.1) is 11.3 Å². The summed E-state index contributed by atoms with van der Waals surface area (Å²) >= 11 is 1.60. The van der Waals surface area contributed by atoms with Crippen molar-refractivity contribution in [3.63, 3.8) is 0 Å². The average molecular weight is 262 g/mol. The van der Waals surface area contributed by atoms with Gasteiger partial charge in [0, 0.05) is 29.4 Å². The molecule has 0 spiro atoms. The maximum Gasteiger partial charge on any atom is 0.328 e. The highest BCUT2D eigenvalue weighted by Crippen LogP contribution is 2.21. The summed E-state index contributed by atoms with van der Waals surface area (Å²) in [6.07, 6.45) is 3.21. The number of thiophene rings is 1. The molecule has 2 N–H and O–H groups in total. The van der Waals surface area contributed by atoms with Crippen LogP contribution in [0.3, 0.4) is 0 Å². The lowest BCUT2D eigenvalue weighted by Crippen LogP contribution is -2.46. The number of hydrogen-bond acceptors (Lipinski definition) is 4. The molecular formula is C13H14N2O2S. The summed E-state index contributed by atoms with van der Waals surface area (Å²) in [7, 11) is 0. The maximum atomic E-state index is 11.5. The summed E-state index contributed by atoms with van der Waals surface area (Å²) in [5, 5.41) is 14.5. The fraction of sp³-hybridized carbons (Fsp3) is 0.231. The number of pyridine rings is 1. The number of carbonyl (C=O) groups is 1. The van der Waals surface area contributed by atoms with Crippen molar-refractivity contribution in [2.24, 2.45) is 0 Å². The molecule has 1 unspecified atom stereocenters. The second-order valence-electron chi connectivity index (χ2n) is 4.10. The summed E-state index contributed by atoms with van der Waals surface area (Å²) in [6, 6.07) is 7.43. The number of nitrogens with zero attached hydrogens (tertiary/aromatic N) is 1. The molecule has 0 bridgehead atoms. The Morgan fingerprint density at radius 1 is 1.50 bits per heavy atom. The minimum atomic E-state index is -1.13. The van der Waals surface area contributed by atoms with Crippen molar-refractivity contribution in [1.82, 2.24) is 10.3 Å². The zero-order valence-electron chi connectivity index (χ0n) is 9.96. The van der Waals surface area contributed by atoms with Gasteiger partial charge < -0.3 is 5.11 Å². The number of aromatic nitrogens is 1. The van der Waals surface area contributed by atoms with E-state index in [1.165, 1.54) is 0 Å². The summed E-state index contributed by atoms with van der Waals surface area (Å²) < 4.78 is 0. The fourth-order valence-corrected chi connectivity index (χ4v) is 2.28. The predicted molar refractivity (Wildman–Crippen MR) is 70.4 cm³/mol. The van der Waals surface area contributed by atoms with Crippen LogP contribution in [0.25, 0.3) is 0 Å². The van der Waals surface area contributed by atoms with E-state index in [1.54, 1.807) is 42.8 Å². The SMILES string of the molecule is CC(NCc1cccs1)(C(=O)O)c1cccnc1. The highest BCUT2D eigenvalue weighted by Gasteiger charge is 2.34. The van der Waals surface area contributed by atoms with Crippen molar-refractivity contribution < 1.29 is 9.90 Å². The highest BCUT2D eigenvalue weighted by atomic mass is 32.1. The van der Waals surface area contributed by atoms with Gasteiger partial charge in [0.15, 0.2) is 0 Å². The van der Waals surface area contributed by atoms with Crippen LogP contribution in [-0.4, -0.2) is 16.1 Å². The quantitative estimate of drug-likeness (QED) is 0.867. The van der Waals surface area contributed by atoms with E-state index in [-0.39, 0.29) is 0 Å². The van der Waals surface area contributed by atoms with E-state index in [0.29, 0.717) is 12.1 Å². The van der Waals surface area contributed by atoms with E-state index in [0.717, 1.165) is 4.88 Å². The predicted octanol–water partition coefficient (Wildman–Crippen LogP) is 2.23. The Balaban J connectivity index is 2.20. The third-order valence-electron chi connectivity index (χ3n) is 2.86. The lowest BCUT2D eigenvalue weighted by Gasteiger charge is -2.26. The molecule has 2 aromatic rings. The van der Waals surface area contributed by atoms with Gasteiger partial charge in [-0.25, -0.2) is 4.79 Å². The lowest BCUT2D eigenvalue weighted by atomic mass is 9.93. The van der Waals surface area contributed by atoms with Gasteiger partial charge in [0.1, 0.15) is 5.54 Å². The Bertz CT molecular complexity index is 513. The molecule has 2 aromatic heterocycles. The van der Waals surface area contributed by atoms with E-state index in [4.69, 9.17) is 0 Å². The van der Waals surface area contributed by atoms with Gasteiger partial charge >= 0.3 is 5.97 Å². The van der Waals surface area contributed by atoms with E-state index in [2.05, 4.69) is 10.3 Å². The molecule has 0 fully saturated rings. The van der Waals surface area contributed by atoms with Crippen LogP contribution in [0.5, 0.6) is 0 Å². The van der Waals surface area contributed by atoms with E-state index in [9.17, 15) is 9.90 Å². The summed E-state index contributed by atoms with van der Waals surface area (Å²) in [4.78, 5) is 16.6. The van der Waals surface area contributed by atoms with Crippen molar-refractivity contribution in [3.8, 4) is 0 Å². The molecule has 0 saturated carbocycles. The molecule has 0 amide bonds. The number of rotatable bonds is 5. The van der Waals surface area contributed by atoms with Crippen molar-refractivity contribution in [3.05, 3.63) is 52.5 Å². The number of carboxylic acids is 1. The van der Waals surface area contributed by atoms with Gasteiger partial charge in [-0.05, 0) is 24.4 Å². The first-order valence-electron chi connectivity index (χ1n) is 5.54. The normalized spacial score (nSPS) is 14.1. The lowest BCUT2D eigenvalue weighted by molar-refractivity contribution is -0.144. The van der Waals surface area contributed by atoms with Crippen LogP contribution < -0.4 is 5.32 Å². The molecule has 0 aliphatic rings. The first-order chi connectivity index (χ1) is 8.63. The van der Waals surface area contributed by atoms with Crippen molar-refractivity contribution >= 4 is 17.3 Å². The maximum absolute atomic E-state index is 11.5. The number of nitrogens with one attached hydrogen (secondary N) is 1. The Morgan fingerprint density at radius 2 is 2.33 bits per heavy atom. The van der Waals surface area contributed by atoms with Crippen LogP contribution >= 0.6 is 11.3 Å². The largest absolute Gasteiger partial charge is 0.480 e. The van der Waals surface area contributed by atoms with Gasteiger partial charge in [-0.2, -0.15) is 0 Å². The van der Waals surface area contributed by atoms with E-state index >= 15 is 0 Å². The third-order valence-corrected chi connectivity index (χ3v) is 3.74. The smallest absolute Gasteiger partial charge is 0.328 e. The standard InChI is InChI=1S/C13H14N2O2S/c1-13(12(16)17,10-4-2-6-14-8-10)15-9-11-5-3-7-18-11/h2-8,15H,9H2,1H3,(H,16,17). The monoisotopic (exact) mass is 262 g/mol. The van der Waals surface area contributed by atoms with Crippen molar-refractivity contribution in [1.29, 1.82) is 0 Å². The summed E-state index contributed by atoms with van der Waals surface area (Å²) in [5.41, 5.74) is -0.479. The zero-order valence-corrected chi connectivity index (χ0v) is 10.8. The fourth-order valence-electron chi connectivity index (χ4n) is 1.64. The molecule has 0 aliphatic carbocycles. The van der Waals surface area contributed by atoms with Gasteiger partial charge in [0.2, 0.25) is 0 Å². The van der Waals surface area contributed by atoms with Crippen LogP contribution in [-0.2, 0) is 16.9 Å². The summed E-state index contributed by atoms with van der Waals surface area (Å²) in [6.45, 7) is 2.18. The van der Waals surface area contributed by atoms with Gasteiger partial charge in [-0.3, -0.25) is 10.3 Å². The average Bonchev–Trinajstić information content (AvgIpc) is 2.90. The Hall–Kier alpha value is -1.72. The van der Waals surface area contributed by atoms with Gasteiger partial charge in [-0.1, -0.05) is 12.1 Å². The summed E-state index contributed by atoms with van der Waals surface area (Å²) in [5.74, 6) is -0.910. The highest BCUT2D eigenvalue weighted by molar-refractivity contribution is 7.09. The first kappa shape index (κ1) is 12.7. The van der Waals surface area contributed by atoms with Crippen LogP contribution in [0.4, 0.5) is 0 Å². The molecule has 4 nitrogen and oxygen atoms in total. The molecular weight excluding hydrogens is 248 g/mol. The number of carboxylic acid groups (broad SMARTS) is 1. The van der Waals surface area contributed by atoms with E-state index < -0.39 is 11.5 Å². The Labute approximate surface area is 109 Å². The molecule has 2 rings (SSSR count). The van der Waals surface area contributed by atoms with Crippen LogP contribution in [0.15, 0.2) is 42.0 Å². The molecule has 94 valence electrons. The molecule has 2 heterocycles. The van der Waals surface area contributed by atoms with Crippen molar-refractivity contribution in [2.45, 2.75) is 19.0 Å². The molecule has 0 saturated heterocycles.